The van der Waals surface area contributed by atoms with Gasteiger partial charge < -0.3 is 10.4 Å². The van der Waals surface area contributed by atoms with Gasteiger partial charge in [0, 0.05) is 21.5 Å². The number of benzene rings is 1. The van der Waals surface area contributed by atoms with Crippen molar-refractivity contribution in [2.75, 3.05) is 6.54 Å². The van der Waals surface area contributed by atoms with Gasteiger partial charge in [0.25, 0.3) is 0 Å². The maximum Gasteiger partial charge on any atom is 0.0636 e. The molecule has 0 aliphatic heterocycles. The molecule has 1 aromatic carbocycles. The van der Waals surface area contributed by atoms with E-state index in [1.54, 1.807) is 18.3 Å². The van der Waals surface area contributed by atoms with Gasteiger partial charge in [0.1, 0.15) is 0 Å². The van der Waals surface area contributed by atoms with Gasteiger partial charge in [-0.05, 0) is 26.0 Å². The van der Waals surface area contributed by atoms with Crippen molar-refractivity contribution in [1.29, 1.82) is 0 Å². The number of hydrogen-bond acceptors (Lipinski definition) is 3. The number of halogens is 1. The Hall–Kier alpha value is -0.610. The van der Waals surface area contributed by atoms with Gasteiger partial charge in [-0.15, -0.1) is 11.3 Å². The van der Waals surface area contributed by atoms with Crippen LogP contribution in [0.5, 0.6) is 0 Å². The largest absolute Gasteiger partial charge is 0.393 e. The molecule has 0 fully saturated rings. The summed E-state index contributed by atoms with van der Waals surface area (Å²) < 4.78 is 1.23. The standard InChI is InChI=1S/C13H16ClNOS/c1-9(16)6-7-15-8-12-13(14)10-4-2-3-5-11(10)17-12/h2-5,9,15-16H,6-8H2,1H3. The topological polar surface area (TPSA) is 32.3 Å². The van der Waals surface area contributed by atoms with Gasteiger partial charge in [0.15, 0.2) is 0 Å². The Balaban J connectivity index is 2.01. The van der Waals surface area contributed by atoms with Gasteiger partial charge in [-0.25, -0.2) is 0 Å². The summed E-state index contributed by atoms with van der Waals surface area (Å²) >= 11 is 8.05. The normalized spacial score (nSPS) is 13.1. The summed E-state index contributed by atoms with van der Waals surface area (Å²) in [6.07, 6.45) is 0.517. The molecule has 1 heterocycles. The molecule has 0 saturated heterocycles. The van der Waals surface area contributed by atoms with Crippen LogP contribution >= 0.6 is 22.9 Å². The second-order valence-electron chi connectivity index (χ2n) is 4.15. The molecule has 4 heteroatoms. The van der Waals surface area contributed by atoms with E-state index in [1.165, 1.54) is 9.58 Å². The first-order chi connectivity index (χ1) is 8.18. The molecule has 2 N–H and O–H groups in total. The van der Waals surface area contributed by atoms with Gasteiger partial charge in [-0.1, -0.05) is 29.8 Å². The Morgan fingerprint density at radius 1 is 1.41 bits per heavy atom. The van der Waals surface area contributed by atoms with Crippen molar-refractivity contribution in [3.8, 4) is 0 Å². The number of rotatable bonds is 5. The van der Waals surface area contributed by atoms with E-state index in [2.05, 4.69) is 11.4 Å². The van der Waals surface area contributed by atoms with Crippen molar-refractivity contribution in [1.82, 2.24) is 5.32 Å². The molecule has 0 bridgehead atoms. The fourth-order valence-corrected chi connectivity index (χ4v) is 3.16. The van der Waals surface area contributed by atoms with Crippen LogP contribution in [-0.2, 0) is 6.54 Å². The van der Waals surface area contributed by atoms with Crippen LogP contribution in [0.3, 0.4) is 0 Å². The molecule has 0 spiro atoms. The molecule has 2 aromatic rings. The van der Waals surface area contributed by atoms with Crippen molar-refractivity contribution in [2.45, 2.75) is 26.0 Å². The van der Waals surface area contributed by atoms with Crippen LogP contribution in [0.2, 0.25) is 5.02 Å². The zero-order chi connectivity index (χ0) is 12.3. The zero-order valence-corrected chi connectivity index (χ0v) is 11.3. The van der Waals surface area contributed by atoms with Crippen molar-refractivity contribution in [2.24, 2.45) is 0 Å². The lowest BCUT2D eigenvalue weighted by atomic mass is 10.2. The third kappa shape index (κ3) is 3.19. The Labute approximate surface area is 110 Å². The van der Waals surface area contributed by atoms with Crippen LogP contribution in [0, 0.1) is 0 Å². The lowest BCUT2D eigenvalue weighted by molar-refractivity contribution is 0.183. The predicted octanol–water partition coefficient (Wildman–Crippen LogP) is 3.42. The van der Waals surface area contributed by atoms with Crippen LogP contribution in [0.1, 0.15) is 18.2 Å². The average molecular weight is 270 g/mol. The van der Waals surface area contributed by atoms with E-state index < -0.39 is 0 Å². The van der Waals surface area contributed by atoms with Gasteiger partial charge in [0.2, 0.25) is 0 Å². The van der Waals surface area contributed by atoms with Crippen molar-refractivity contribution >= 4 is 33.0 Å². The first-order valence-electron chi connectivity index (χ1n) is 5.73. The van der Waals surface area contributed by atoms with Gasteiger partial charge in [-0.3, -0.25) is 0 Å². The second kappa shape index (κ2) is 5.83. The molecule has 17 heavy (non-hydrogen) atoms. The number of nitrogens with one attached hydrogen (secondary N) is 1. The molecule has 92 valence electrons. The molecule has 0 amide bonds. The Morgan fingerprint density at radius 2 is 2.18 bits per heavy atom. The molecule has 0 aliphatic rings. The highest BCUT2D eigenvalue weighted by Crippen LogP contribution is 2.34. The van der Waals surface area contributed by atoms with E-state index in [1.807, 2.05) is 18.2 Å². The maximum absolute atomic E-state index is 9.16. The Kier molecular flexibility index (Phi) is 4.40. The van der Waals surface area contributed by atoms with E-state index in [4.69, 9.17) is 16.7 Å². The average Bonchev–Trinajstić information content (AvgIpc) is 2.63. The fourth-order valence-electron chi connectivity index (χ4n) is 1.69. The first kappa shape index (κ1) is 12.8. The monoisotopic (exact) mass is 269 g/mol. The number of thiophene rings is 1. The summed E-state index contributed by atoms with van der Waals surface area (Å²) in [7, 11) is 0. The highest BCUT2D eigenvalue weighted by atomic mass is 35.5. The SMILES string of the molecule is CC(O)CCNCc1sc2ccccc2c1Cl. The maximum atomic E-state index is 9.16. The number of hydrogen-bond donors (Lipinski definition) is 2. The molecule has 1 unspecified atom stereocenters. The smallest absolute Gasteiger partial charge is 0.0636 e. The highest BCUT2D eigenvalue weighted by Gasteiger charge is 2.08. The van der Waals surface area contributed by atoms with E-state index in [0.717, 1.165) is 29.9 Å². The van der Waals surface area contributed by atoms with E-state index in [-0.39, 0.29) is 6.10 Å². The summed E-state index contributed by atoms with van der Waals surface area (Å²) in [5, 5.41) is 14.4. The number of fused-ring (bicyclic) bond motifs is 1. The van der Waals surface area contributed by atoms with Crippen LogP contribution in [0.25, 0.3) is 10.1 Å². The lowest BCUT2D eigenvalue weighted by Gasteiger charge is -2.05. The molecule has 0 saturated carbocycles. The summed E-state index contributed by atoms with van der Waals surface area (Å²) in [6, 6.07) is 8.17. The summed E-state index contributed by atoms with van der Waals surface area (Å²) in [4.78, 5) is 1.17. The minimum Gasteiger partial charge on any atom is -0.393 e. The molecular weight excluding hydrogens is 254 g/mol. The third-order valence-electron chi connectivity index (χ3n) is 2.63. The van der Waals surface area contributed by atoms with Crippen molar-refractivity contribution in [3.63, 3.8) is 0 Å². The zero-order valence-electron chi connectivity index (χ0n) is 9.74. The van der Waals surface area contributed by atoms with E-state index >= 15 is 0 Å². The number of aliphatic hydroxyl groups is 1. The third-order valence-corrected chi connectivity index (χ3v) is 4.34. The lowest BCUT2D eigenvalue weighted by Crippen LogP contribution is -2.18. The Bertz CT molecular complexity index is 495. The second-order valence-corrected chi connectivity index (χ2v) is 5.66. The van der Waals surface area contributed by atoms with Crippen molar-refractivity contribution in [3.05, 3.63) is 34.2 Å². The van der Waals surface area contributed by atoms with Crippen LogP contribution in [0.15, 0.2) is 24.3 Å². The number of aliphatic hydroxyl groups excluding tert-OH is 1. The fraction of sp³-hybridized carbons (Fsp3) is 0.385. The van der Waals surface area contributed by atoms with Crippen molar-refractivity contribution < 1.29 is 5.11 Å². The van der Waals surface area contributed by atoms with Gasteiger partial charge in [-0.2, -0.15) is 0 Å². The summed E-state index contributed by atoms with van der Waals surface area (Å²) in [5.74, 6) is 0. The highest BCUT2D eigenvalue weighted by molar-refractivity contribution is 7.19. The van der Waals surface area contributed by atoms with Crippen LogP contribution in [-0.4, -0.2) is 17.8 Å². The minimum absolute atomic E-state index is 0.250. The molecule has 0 aliphatic carbocycles. The molecular formula is C13H16ClNOS. The molecule has 0 radical (unpaired) electrons. The van der Waals surface area contributed by atoms with E-state index in [9.17, 15) is 0 Å². The minimum atomic E-state index is -0.250. The van der Waals surface area contributed by atoms with Crippen LogP contribution in [0.4, 0.5) is 0 Å². The predicted molar refractivity (Wildman–Crippen MR) is 74.8 cm³/mol. The molecule has 2 nitrogen and oxygen atoms in total. The van der Waals surface area contributed by atoms with Gasteiger partial charge >= 0.3 is 0 Å². The quantitative estimate of drug-likeness (QED) is 0.816. The summed E-state index contributed by atoms with van der Waals surface area (Å²) in [6.45, 7) is 3.38. The molecule has 2 rings (SSSR count). The van der Waals surface area contributed by atoms with E-state index in [0.29, 0.717) is 0 Å². The molecule has 1 aromatic heterocycles. The molecule has 1 atom stereocenters. The first-order valence-corrected chi connectivity index (χ1v) is 6.92. The summed E-state index contributed by atoms with van der Waals surface area (Å²) in [5.41, 5.74) is 0. The van der Waals surface area contributed by atoms with Gasteiger partial charge in [0.05, 0.1) is 11.1 Å². The Morgan fingerprint density at radius 3 is 2.88 bits per heavy atom. The van der Waals surface area contributed by atoms with Crippen LogP contribution < -0.4 is 5.32 Å².